The number of Topliss-reactive ketones (excluding diaryl/α,β-unsaturated/α-hetero) is 1. The molecule has 0 amide bonds. The van der Waals surface area contributed by atoms with E-state index in [-0.39, 0.29) is 74.6 Å². The molecule has 3 aromatic carbocycles. The SMILES string of the molecule is O=C1C(=NNc2ccccc2C(=O)O)C(S(=O)(=O)O)=Cc2cc(Nc3nc(Cl)nc(Nc4cccc(S(=O)(=O)O)c4)n3)ccc21.[Cr].[H+]. The van der Waals surface area contributed by atoms with Crippen LogP contribution in [0.3, 0.4) is 0 Å². The number of carbonyl (C=O) groups excluding carboxylic acids is 1. The third kappa shape index (κ3) is 7.72. The van der Waals surface area contributed by atoms with Gasteiger partial charge in [0.05, 0.1) is 16.1 Å². The number of allylic oxidation sites excluding steroid dienone is 1. The molecule has 6 N–H and O–H groups in total. The van der Waals surface area contributed by atoms with Crippen LogP contribution in [-0.2, 0) is 37.6 Å². The monoisotopic (exact) mass is 724 g/mol. The molecule has 5 rings (SSSR count). The average Bonchev–Trinajstić information content (AvgIpc) is 2.95. The third-order valence-electron chi connectivity index (χ3n) is 6.01. The van der Waals surface area contributed by atoms with Crippen LogP contribution in [0.4, 0.5) is 29.0 Å². The van der Waals surface area contributed by atoms with Crippen LogP contribution >= 0.6 is 11.6 Å². The van der Waals surface area contributed by atoms with Gasteiger partial charge in [0.25, 0.3) is 20.2 Å². The zero-order valence-corrected chi connectivity index (χ0v) is 26.3. The number of para-hydroxylation sites is 1. The van der Waals surface area contributed by atoms with Gasteiger partial charge in [-0.25, -0.2) is 4.79 Å². The minimum atomic E-state index is -4.99. The second kappa shape index (κ2) is 13.3. The van der Waals surface area contributed by atoms with Crippen LogP contribution in [-0.4, -0.2) is 63.5 Å². The molecule has 0 fully saturated rings. The molecule has 1 aliphatic carbocycles. The number of hydrazone groups is 1. The largest absolute Gasteiger partial charge is 1.00 e. The summed E-state index contributed by atoms with van der Waals surface area (Å²) in [6.45, 7) is 0. The molecule has 1 aromatic heterocycles. The number of anilines is 5. The minimum absolute atomic E-state index is 0. The van der Waals surface area contributed by atoms with Gasteiger partial charge in [-0.1, -0.05) is 18.2 Å². The Morgan fingerprint density at radius 2 is 1.50 bits per heavy atom. The van der Waals surface area contributed by atoms with Gasteiger partial charge in [0.2, 0.25) is 23.0 Å². The molecular formula is C26H19ClCrN7O9S2+. The topological polar surface area (TPSA) is 250 Å². The van der Waals surface area contributed by atoms with Gasteiger partial charge in [0.15, 0.2) is 5.71 Å². The number of rotatable bonds is 9. The number of aromatic nitrogens is 3. The Hall–Kier alpha value is -4.74. The number of carboxylic acids is 1. The molecule has 0 saturated heterocycles. The number of carboxylic acid groups (broad SMARTS) is 1. The Morgan fingerprint density at radius 3 is 2.13 bits per heavy atom. The van der Waals surface area contributed by atoms with Crippen LogP contribution in [0.2, 0.25) is 5.28 Å². The van der Waals surface area contributed by atoms with Crippen LogP contribution in [0.5, 0.6) is 0 Å². The van der Waals surface area contributed by atoms with Crippen molar-refractivity contribution in [3.05, 3.63) is 93.6 Å². The molecule has 236 valence electrons. The predicted octanol–water partition coefficient (Wildman–Crippen LogP) is 3.96. The fraction of sp³-hybridized carbons (Fsp3) is 0. The van der Waals surface area contributed by atoms with Crippen molar-refractivity contribution in [2.24, 2.45) is 5.10 Å². The van der Waals surface area contributed by atoms with Crippen molar-refractivity contribution in [3.8, 4) is 0 Å². The zero-order chi connectivity index (χ0) is 32.5. The quantitative estimate of drug-likeness (QED) is 0.106. The van der Waals surface area contributed by atoms with E-state index < -0.39 is 42.6 Å². The maximum absolute atomic E-state index is 13.3. The van der Waals surface area contributed by atoms with Crippen molar-refractivity contribution in [2.45, 2.75) is 4.90 Å². The first-order valence-electron chi connectivity index (χ1n) is 12.3. The van der Waals surface area contributed by atoms with Gasteiger partial charge >= 0.3 is 7.40 Å². The molecule has 46 heavy (non-hydrogen) atoms. The van der Waals surface area contributed by atoms with E-state index in [0.29, 0.717) is 0 Å². The number of nitrogens with one attached hydrogen (secondary N) is 3. The second-order valence-electron chi connectivity index (χ2n) is 9.04. The number of halogens is 1. The number of ketones is 1. The van der Waals surface area contributed by atoms with Crippen molar-refractivity contribution >= 4 is 84.3 Å². The summed E-state index contributed by atoms with van der Waals surface area (Å²) in [7, 11) is -9.46. The van der Waals surface area contributed by atoms with Crippen LogP contribution in [0.1, 0.15) is 27.7 Å². The summed E-state index contributed by atoms with van der Waals surface area (Å²) in [4.78, 5) is 35.6. The minimum Gasteiger partial charge on any atom is -0.478 e. The summed E-state index contributed by atoms with van der Waals surface area (Å²) in [5, 5.41) is 18.5. The molecule has 0 bridgehead atoms. The Kier molecular flexibility index (Phi) is 9.89. The fourth-order valence-electron chi connectivity index (χ4n) is 4.06. The number of nitrogens with zero attached hydrogens (tertiary/aromatic N) is 4. The maximum atomic E-state index is 13.3. The summed E-state index contributed by atoms with van der Waals surface area (Å²) >= 11 is 6.03. The zero-order valence-electron chi connectivity index (χ0n) is 23.6. The van der Waals surface area contributed by atoms with Crippen LogP contribution in [0.25, 0.3) is 6.08 Å². The molecule has 4 aromatic rings. The third-order valence-corrected chi connectivity index (χ3v) is 7.89. The van der Waals surface area contributed by atoms with E-state index in [2.05, 4.69) is 36.1 Å². The van der Waals surface area contributed by atoms with Gasteiger partial charge in [-0.3, -0.25) is 19.3 Å². The maximum Gasteiger partial charge on any atom is 1.00 e. The second-order valence-corrected chi connectivity index (χ2v) is 12.2. The van der Waals surface area contributed by atoms with E-state index in [4.69, 9.17) is 11.6 Å². The molecule has 1 heterocycles. The number of hydrogen-bond donors (Lipinski definition) is 6. The van der Waals surface area contributed by atoms with E-state index in [1.54, 1.807) is 0 Å². The standard InChI is InChI=1S/C26H18ClN7O9S2.Cr/c27-24-30-25(28-14-4-3-5-16(12-14)44(38,39)40)32-26(31-24)29-15-8-9-17-13(10-15)11-20(45(41,42)43)21(22(17)35)34-33-19-7-2-1-6-18(19)23(36)37;/h1-12,33H,(H,36,37)(H,38,39,40)(H,41,42,43)(H2,28,29,30,31,32);/p+1. The number of hydrogen-bond acceptors (Lipinski definition) is 13. The number of benzene rings is 3. The first-order valence-corrected chi connectivity index (χ1v) is 15.5. The molecule has 0 atom stereocenters. The summed E-state index contributed by atoms with van der Waals surface area (Å²) in [5.41, 5.74) is 2.02. The van der Waals surface area contributed by atoms with Crippen molar-refractivity contribution in [1.82, 2.24) is 15.0 Å². The molecule has 0 radical (unpaired) electrons. The summed E-state index contributed by atoms with van der Waals surface area (Å²) < 4.78 is 66.5. The molecule has 1 aliphatic rings. The van der Waals surface area contributed by atoms with Crippen LogP contribution in [0, 0.1) is 0 Å². The molecule has 16 nitrogen and oxygen atoms in total. The van der Waals surface area contributed by atoms with E-state index in [1.165, 1.54) is 60.7 Å². The van der Waals surface area contributed by atoms with Gasteiger partial charge in [-0.05, 0) is 71.8 Å². The van der Waals surface area contributed by atoms with Gasteiger partial charge in [0.1, 0.15) is 4.91 Å². The van der Waals surface area contributed by atoms with Crippen molar-refractivity contribution in [3.63, 3.8) is 0 Å². The van der Waals surface area contributed by atoms with Gasteiger partial charge in [0, 0.05) is 34.3 Å². The van der Waals surface area contributed by atoms with E-state index in [9.17, 15) is 40.6 Å². The fourth-order valence-corrected chi connectivity index (χ4v) is 5.40. The number of aromatic carboxylic acids is 1. The van der Waals surface area contributed by atoms with E-state index in [0.717, 1.165) is 12.1 Å². The van der Waals surface area contributed by atoms with Crippen LogP contribution in [0.15, 0.2) is 81.6 Å². The van der Waals surface area contributed by atoms with Gasteiger partial charge in [-0.15, -0.1) is 0 Å². The van der Waals surface area contributed by atoms with Crippen molar-refractivity contribution in [2.75, 3.05) is 16.1 Å². The first kappa shape index (κ1) is 34.1. The number of fused-ring (bicyclic) bond motifs is 1. The molecule has 0 spiro atoms. The Labute approximate surface area is 277 Å². The average molecular weight is 725 g/mol. The number of carbonyl (C=O) groups is 2. The molecule has 20 heteroatoms. The molecule has 0 unspecified atom stereocenters. The van der Waals surface area contributed by atoms with E-state index >= 15 is 0 Å². The first-order chi connectivity index (χ1) is 21.2. The summed E-state index contributed by atoms with van der Waals surface area (Å²) in [6.07, 6.45) is 1.01. The summed E-state index contributed by atoms with van der Waals surface area (Å²) in [6, 6.07) is 14.9. The van der Waals surface area contributed by atoms with E-state index in [1.807, 2.05) is 0 Å². The molecular weight excluding hydrogens is 706 g/mol. The van der Waals surface area contributed by atoms with Crippen LogP contribution < -0.4 is 16.1 Å². The Balaban J connectivity index is 0.00000300. The van der Waals surface area contributed by atoms with Gasteiger partial charge in [-0.2, -0.15) is 36.9 Å². The molecule has 0 aliphatic heterocycles. The van der Waals surface area contributed by atoms with Crippen molar-refractivity contribution in [1.29, 1.82) is 0 Å². The molecule has 0 saturated carbocycles. The summed E-state index contributed by atoms with van der Waals surface area (Å²) in [5.74, 6) is -2.38. The normalized spacial score (nSPS) is 13.7. The Morgan fingerprint density at radius 1 is 0.848 bits per heavy atom. The van der Waals surface area contributed by atoms with Crippen molar-refractivity contribution < 1.29 is 59.4 Å². The van der Waals surface area contributed by atoms with Gasteiger partial charge < -0.3 is 15.7 Å². The Bertz CT molecular complexity index is 2190. The predicted molar refractivity (Wildman–Crippen MR) is 164 cm³/mol. The smallest absolute Gasteiger partial charge is 0.478 e.